The van der Waals surface area contributed by atoms with Gasteiger partial charge in [-0.05, 0) is 40.3 Å². The highest BCUT2D eigenvalue weighted by Crippen LogP contribution is 2.40. The van der Waals surface area contributed by atoms with E-state index in [1.165, 1.54) is 15.8 Å². The molecule has 1 fully saturated rings. The Morgan fingerprint density at radius 1 is 1.67 bits per heavy atom. The van der Waals surface area contributed by atoms with Crippen molar-refractivity contribution in [2.24, 2.45) is 5.92 Å². The van der Waals surface area contributed by atoms with Crippen LogP contribution in [0.2, 0.25) is 0 Å². The number of hydrogen-bond donors (Lipinski definition) is 1. The summed E-state index contributed by atoms with van der Waals surface area (Å²) < 4.78 is 7.02. The van der Waals surface area contributed by atoms with Crippen LogP contribution < -0.4 is 5.32 Å². The second-order valence-electron chi connectivity index (χ2n) is 3.78. The van der Waals surface area contributed by atoms with Gasteiger partial charge in [0.25, 0.3) is 0 Å². The van der Waals surface area contributed by atoms with Crippen LogP contribution in [0.4, 0.5) is 0 Å². The summed E-state index contributed by atoms with van der Waals surface area (Å²) in [6, 6.07) is 2.10. The molecule has 1 aromatic rings. The Morgan fingerprint density at radius 2 is 2.53 bits per heavy atom. The molecule has 2 nitrogen and oxygen atoms in total. The van der Waals surface area contributed by atoms with Crippen LogP contribution in [-0.2, 0) is 4.74 Å². The summed E-state index contributed by atoms with van der Waals surface area (Å²) in [5, 5.41) is 5.53. The van der Waals surface area contributed by atoms with Crippen molar-refractivity contribution in [3.63, 3.8) is 0 Å². The highest BCUT2D eigenvalue weighted by Gasteiger charge is 2.31. The van der Waals surface area contributed by atoms with Gasteiger partial charge in [-0.15, -0.1) is 11.3 Å². The van der Waals surface area contributed by atoms with Crippen LogP contribution in [-0.4, -0.2) is 19.7 Å². The molecule has 0 aliphatic carbocycles. The van der Waals surface area contributed by atoms with Crippen LogP contribution in [0.25, 0.3) is 0 Å². The largest absolute Gasteiger partial charge is 0.372 e. The minimum atomic E-state index is 0.290. The minimum Gasteiger partial charge on any atom is -0.372 e. The Balaban J connectivity index is 2.04. The second-order valence-corrected chi connectivity index (χ2v) is 5.58. The summed E-state index contributed by atoms with van der Waals surface area (Å²) in [5.74, 6) is 0.625. The molecule has 1 aromatic heterocycles. The van der Waals surface area contributed by atoms with Crippen LogP contribution in [0, 0.1) is 5.92 Å². The predicted molar refractivity (Wildman–Crippen MR) is 67.4 cm³/mol. The van der Waals surface area contributed by atoms with Crippen LogP contribution in [0.1, 0.15) is 24.3 Å². The maximum atomic E-state index is 5.83. The van der Waals surface area contributed by atoms with Gasteiger partial charge in [0.05, 0.1) is 6.10 Å². The van der Waals surface area contributed by atoms with Crippen molar-refractivity contribution in [3.05, 3.63) is 20.8 Å². The van der Waals surface area contributed by atoms with Gasteiger partial charge in [-0.25, -0.2) is 0 Å². The van der Waals surface area contributed by atoms with Gasteiger partial charge in [-0.2, -0.15) is 0 Å². The van der Waals surface area contributed by atoms with E-state index in [0.717, 1.165) is 19.7 Å². The molecule has 0 spiro atoms. The molecule has 2 atom stereocenters. The number of rotatable bonds is 4. The Labute approximate surface area is 103 Å². The highest BCUT2D eigenvalue weighted by atomic mass is 79.9. The minimum absolute atomic E-state index is 0.290. The molecule has 2 unspecified atom stereocenters. The van der Waals surface area contributed by atoms with E-state index in [1.54, 1.807) is 11.3 Å². The van der Waals surface area contributed by atoms with Gasteiger partial charge < -0.3 is 10.1 Å². The lowest BCUT2D eigenvalue weighted by Crippen LogP contribution is -2.24. The molecule has 15 heavy (non-hydrogen) atoms. The first kappa shape index (κ1) is 11.6. The molecule has 0 radical (unpaired) electrons. The Bertz CT molecular complexity index is 315. The monoisotopic (exact) mass is 289 g/mol. The van der Waals surface area contributed by atoms with Crippen molar-refractivity contribution < 1.29 is 4.74 Å². The van der Waals surface area contributed by atoms with E-state index in [2.05, 4.69) is 39.6 Å². The molecule has 0 bridgehead atoms. The highest BCUT2D eigenvalue weighted by molar-refractivity contribution is 9.10. The average molecular weight is 290 g/mol. The zero-order chi connectivity index (χ0) is 10.7. The van der Waals surface area contributed by atoms with Crippen molar-refractivity contribution in [2.75, 3.05) is 19.7 Å². The van der Waals surface area contributed by atoms with Gasteiger partial charge in [0.1, 0.15) is 0 Å². The molecule has 84 valence electrons. The zero-order valence-electron chi connectivity index (χ0n) is 8.83. The quantitative estimate of drug-likeness (QED) is 0.919. The maximum absolute atomic E-state index is 5.83. The van der Waals surface area contributed by atoms with E-state index in [-0.39, 0.29) is 0 Å². The van der Waals surface area contributed by atoms with Crippen LogP contribution >= 0.6 is 27.3 Å². The molecule has 1 aliphatic rings. The number of hydrogen-bond acceptors (Lipinski definition) is 3. The maximum Gasteiger partial charge on any atom is 0.0969 e. The van der Waals surface area contributed by atoms with E-state index in [9.17, 15) is 0 Å². The average Bonchev–Trinajstić information content (AvgIpc) is 2.82. The number of nitrogens with one attached hydrogen (secondary N) is 1. The fraction of sp³-hybridized carbons (Fsp3) is 0.636. The first-order chi connectivity index (χ1) is 7.33. The molecule has 0 saturated carbocycles. The van der Waals surface area contributed by atoms with E-state index < -0.39 is 0 Å². The molecule has 2 heterocycles. The fourth-order valence-corrected chi connectivity index (χ4v) is 3.71. The molecule has 2 rings (SSSR count). The van der Waals surface area contributed by atoms with Crippen molar-refractivity contribution in [3.8, 4) is 0 Å². The summed E-state index contributed by atoms with van der Waals surface area (Å²) in [6.07, 6.45) is 1.46. The van der Waals surface area contributed by atoms with Gasteiger partial charge in [0, 0.05) is 28.4 Å². The summed E-state index contributed by atoms with van der Waals surface area (Å²) in [7, 11) is 0. The van der Waals surface area contributed by atoms with Crippen molar-refractivity contribution in [1.29, 1.82) is 0 Å². The van der Waals surface area contributed by atoms with E-state index in [1.807, 2.05) is 0 Å². The second kappa shape index (κ2) is 5.43. The first-order valence-corrected chi connectivity index (χ1v) is 7.05. The van der Waals surface area contributed by atoms with E-state index in [0.29, 0.717) is 12.0 Å². The van der Waals surface area contributed by atoms with Crippen molar-refractivity contribution in [2.45, 2.75) is 19.4 Å². The molecule has 1 aliphatic heterocycles. The first-order valence-electron chi connectivity index (χ1n) is 5.38. The summed E-state index contributed by atoms with van der Waals surface area (Å²) in [6.45, 7) is 5.14. The van der Waals surface area contributed by atoms with Gasteiger partial charge in [-0.3, -0.25) is 0 Å². The smallest absolute Gasteiger partial charge is 0.0969 e. The number of ether oxygens (including phenoxy) is 1. The van der Waals surface area contributed by atoms with Gasteiger partial charge in [-0.1, -0.05) is 6.92 Å². The van der Waals surface area contributed by atoms with E-state index >= 15 is 0 Å². The van der Waals surface area contributed by atoms with Crippen LogP contribution in [0.5, 0.6) is 0 Å². The number of halogens is 1. The molecule has 0 amide bonds. The summed E-state index contributed by atoms with van der Waals surface area (Å²) in [5.41, 5.74) is 0. The lowest BCUT2D eigenvalue weighted by Gasteiger charge is -2.17. The fourth-order valence-electron chi connectivity index (χ4n) is 1.97. The van der Waals surface area contributed by atoms with Crippen LogP contribution in [0.15, 0.2) is 15.9 Å². The third-order valence-corrected chi connectivity index (χ3v) is 4.71. The molecule has 4 heteroatoms. The molecule has 1 saturated heterocycles. The Morgan fingerprint density at radius 3 is 3.20 bits per heavy atom. The molecule has 1 N–H and O–H groups in total. The SMILES string of the molecule is CCNCC1CCOC1c1sccc1Br. The third kappa shape index (κ3) is 2.61. The Hall–Kier alpha value is 0.100. The van der Waals surface area contributed by atoms with Crippen molar-refractivity contribution >= 4 is 27.3 Å². The van der Waals surface area contributed by atoms with Gasteiger partial charge in [0.2, 0.25) is 0 Å². The zero-order valence-corrected chi connectivity index (χ0v) is 11.2. The van der Waals surface area contributed by atoms with Gasteiger partial charge in [0.15, 0.2) is 0 Å². The van der Waals surface area contributed by atoms with Gasteiger partial charge >= 0.3 is 0 Å². The third-order valence-electron chi connectivity index (χ3n) is 2.77. The summed E-state index contributed by atoms with van der Waals surface area (Å²) >= 11 is 5.37. The predicted octanol–water partition coefficient (Wildman–Crippen LogP) is 3.20. The molecular formula is C11H16BrNOS. The standard InChI is InChI=1S/C11H16BrNOS/c1-2-13-7-8-3-5-14-10(8)11-9(12)4-6-15-11/h4,6,8,10,13H,2-3,5,7H2,1H3. The summed E-state index contributed by atoms with van der Waals surface area (Å²) in [4.78, 5) is 1.34. The van der Waals surface area contributed by atoms with Crippen molar-refractivity contribution in [1.82, 2.24) is 5.32 Å². The lowest BCUT2D eigenvalue weighted by molar-refractivity contribution is 0.0930. The topological polar surface area (TPSA) is 21.3 Å². The lowest BCUT2D eigenvalue weighted by atomic mass is 10.0. The molecular weight excluding hydrogens is 274 g/mol. The number of thiophene rings is 1. The van der Waals surface area contributed by atoms with Crippen LogP contribution in [0.3, 0.4) is 0 Å². The molecule has 0 aromatic carbocycles. The normalized spacial score (nSPS) is 26.0. The Kier molecular flexibility index (Phi) is 4.20. The van der Waals surface area contributed by atoms with E-state index in [4.69, 9.17) is 4.74 Å².